The Bertz CT molecular complexity index is 422. The van der Waals surface area contributed by atoms with E-state index < -0.39 is 0 Å². The van der Waals surface area contributed by atoms with Crippen LogP contribution in [-0.2, 0) is 6.61 Å². The van der Waals surface area contributed by atoms with Crippen LogP contribution in [0.25, 0.3) is 0 Å². The molecule has 1 aromatic heterocycles. The number of hydrogen-bond acceptors (Lipinski definition) is 4. The molecule has 3 atom stereocenters. The van der Waals surface area contributed by atoms with Crippen molar-refractivity contribution in [1.82, 2.24) is 9.97 Å². The monoisotopic (exact) mass is 249 g/mol. The van der Waals surface area contributed by atoms with E-state index in [4.69, 9.17) is 5.11 Å². The first-order valence-electron chi connectivity index (χ1n) is 6.73. The van der Waals surface area contributed by atoms with Gasteiger partial charge in [0.1, 0.15) is 0 Å². The molecule has 1 aromatic rings. The Morgan fingerprint density at radius 1 is 1.39 bits per heavy atom. The topological polar surface area (TPSA) is 49.2 Å². The van der Waals surface area contributed by atoms with Crippen molar-refractivity contribution in [2.24, 2.45) is 11.8 Å². The largest absolute Gasteiger partial charge is 0.392 e. The van der Waals surface area contributed by atoms with Crippen molar-refractivity contribution in [3.05, 3.63) is 17.5 Å². The fraction of sp³-hybridized carbons (Fsp3) is 0.714. The van der Waals surface area contributed by atoms with E-state index in [1.165, 1.54) is 6.42 Å². The average Bonchev–Trinajstić information content (AvgIpc) is 2.33. The zero-order chi connectivity index (χ0) is 13.3. The van der Waals surface area contributed by atoms with Crippen LogP contribution in [0.15, 0.2) is 6.20 Å². The molecule has 100 valence electrons. The van der Waals surface area contributed by atoms with Crippen LogP contribution >= 0.6 is 0 Å². The molecule has 1 saturated heterocycles. The van der Waals surface area contributed by atoms with Crippen LogP contribution in [0.3, 0.4) is 0 Å². The van der Waals surface area contributed by atoms with E-state index in [-0.39, 0.29) is 6.61 Å². The van der Waals surface area contributed by atoms with Gasteiger partial charge >= 0.3 is 0 Å². The molecule has 18 heavy (non-hydrogen) atoms. The fourth-order valence-corrected chi connectivity index (χ4v) is 2.75. The zero-order valence-corrected chi connectivity index (χ0v) is 11.7. The van der Waals surface area contributed by atoms with E-state index in [2.05, 4.69) is 35.6 Å². The van der Waals surface area contributed by atoms with Gasteiger partial charge in [0.2, 0.25) is 5.95 Å². The highest BCUT2D eigenvalue weighted by atomic mass is 16.3. The summed E-state index contributed by atoms with van der Waals surface area (Å²) in [5.41, 5.74) is 1.69. The summed E-state index contributed by atoms with van der Waals surface area (Å²) in [6.45, 7) is 9.78. The van der Waals surface area contributed by atoms with Gasteiger partial charge < -0.3 is 10.0 Å². The molecular formula is C14H23N3O. The number of aromatic nitrogens is 2. The number of aliphatic hydroxyl groups is 1. The molecule has 3 unspecified atom stereocenters. The predicted molar refractivity (Wildman–Crippen MR) is 72.4 cm³/mol. The summed E-state index contributed by atoms with van der Waals surface area (Å²) >= 11 is 0. The number of hydrogen-bond donors (Lipinski definition) is 1. The maximum Gasteiger partial charge on any atom is 0.225 e. The first-order chi connectivity index (χ1) is 8.52. The molecule has 0 spiro atoms. The van der Waals surface area contributed by atoms with Crippen LogP contribution in [0.2, 0.25) is 0 Å². The Balaban J connectivity index is 2.27. The third-order valence-electron chi connectivity index (χ3n) is 4.09. The molecule has 1 aliphatic rings. The third kappa shape index (κ3) is 2.48. The normalized spacial score (nSPS) is 28.5. The van der Waals surface area contributed by atoms with E-state index in [1.54, 1.807) is 6.20 Å². The van der Waals surface area contributed by atoms with E-state index in [0.29, 0.717) is 17.9 Å². The van der Waals surface area contributed by atoms with Crippen molar-refractivity contribution in [1.29, 1.82) is 0 Å². The summed E-state index contributed by atoms with van der Waals surface area (Å²) in [7, 11) is 0. The summed E-state index contributed by atoms with van der Waals surface area (Å²) in [4.78, 5) is 11.2. The summed E-state index contributed by atoms with van der Waals surface area (Å²) in [6.07, 6.45) is 3.01. The van der Waals surface area contributed by atoms with Gasteiger partial charge in [0.15, 0.2) is 0 Å². The van der Waals surface area contributed by atoms with Gasteiger partial charge in [0.25, 0.3) is 0 Å². The first kappa shape index (κ1) is 13.3. The van der Waals surface area contributed by atoms with E-state index in [1.807, 2.05) is 6.92 Å². The second-order valence-electron chi connectivity index (χ2n) is 5.65. The number of aryl methyl sites for hydroxylation is 1. The van der Waals surface area contributed by atoms with E-state index in [9.17, 15) is 0 Å². The Morgan fingerprint density at radius 2 is 2.11 bits per heavy atom. The number of nitrogens with zero attached hydrogens (tertiary/aromatic N) is 3. The van der Waals surface area contributed by atoms with Gasteiger partial charge in [0.05, 0.1) is 6.61 Å². The second kappa shape index (κ2) is 5.22. The van der Waals surface area contributed by atoms with Crippen LogP contribution in [-0.4, -0.2) is 27.7 Å². The molecule has 4 heteroatoms. The molecule has 0 bridgehead atoms. The average molecular weight is 249 g/mol. The maximum atomic E-state index is 9.16. The van der Waals surface area contributed by atoms with Crippen LogP contribution in [0.4, 0.5) is 5.95 Å². The highest BCUT2D eigenvalue weighted by Gasteiger charge is 2.30. The molecule has 1 N–H and O–H groups in total. The maximum absolute atomic E-state index is 9.16. The number of anilines is 1. The van der Waals surface area contributed by atoms with Crippen molar-refractivity contribution in [2.45, 2.75) is 46.8 Å². The Kier molecular flexibility index (Phi) is 3.85. The number of piperidine rings is 1. The highest BCUT2D eigenvalue weighted by molar-refractivity contribution is 5.35. The number of aliphatic hydroxyl groups excluding tert-OH is 1. The molecule has 4 nitrogen and oxygen atoms in total. The van der Waals surface area contributed by atoms with Crippen molar-refractivity contribution in [3.63, 3.8) is 0 Å². The van der Waals surface area contributed by atoms with Gasteiger partial charge in [-0.05, 0) is 32.1 Å². The molecule has 2 heterocycles. The van der Waals surface area contributed by atoms with E-state index in [0.717, 1.165) is 23.8 Å². The third-order valence-corrected chi connectivity index (χ3v) is 4.09. The lowest BCUT2D eigenvalue weighted by Crippen LogP contribution is -2.46. The minimum Gasteiger partial charge on any atom is -0.392 e. The molecule has 0 aliphatic carbocycles. The summed E-state index contributed by atoms with van der Waals surface area (Å²) < 4.78 is 0. The lowest BCUT2D eigenvalue weighted by Gasteiger charge is -2.41. The smallest absolute Gasteiger partial charge is 0.225 e. The van der Waals surface area contributed by atoms with Crippen molar-refractivity contribution in [3.8, 4) is 0 Å². The molecule has 0 amide bonds. The summed E-state index contributed by atoms with van der Waals surface area (Å²) in [6, 6.07) is 0.473. The second-order valence-corrected chi connectivity index (χ2v) is 5.65. The summed E-state index contributed by atoms with van der Waals surface area (Å²) in [5.74, 6) is 2.14. The Labute approximate surface area is 109 Å². The van der Waals surface area contributed by atoms with Crippen LogP contribution in [0.5, 0.6) is 0 Å². The standard InChI is InChI=1S/C14H23N3O/c1-9-5-10(2)12(4)17(7-9)14-15-6-13(8-18)11(3)16-14/h6,9-10,12,18H,5,7-8H2,1-4H3. The van der Waals surface area contributed by atoms with Gasteiger partial charge in [-0.1, -0.05) is 13.8 Å². The van der Waals surface area contributed by atoms with Gasteiger partial charge in [-0.25, -0.2) is 9.97 Å². The predicted octanol–water partition coefficient (Wildman–Crippen LogP) is 2.15. The minimum absolute atomic E-state index is 0.00841. The SMILES string of the molecule is Cc1nc(N2CC(C)CC(C)C2C)ncc1CO. The lowest BCUT2D eigenvalue weighted by atomic mass is 9.86. The number of rotatable bonds is 2. The first-order valence-corrected chi connectivity index (χ1v) is 6.73. The minimum atomic E-state index is 0.00841. The lowest BCUT2D eigenvalue weighted by molar-refractivity contribution is 0.279. The van der Waals surface area contributed by atoms with Crippen LogP contribution < -0.4 is 4.90 Å². The van der Waals surface area contributed by atoms with Crippen molar-refractivity contribution in [2.75, 3.05) is 11.4 Å². The van der Waals surface area contributed by atoms with Crippen LogP contribution in [0.1, 0.15) is 38.4 Å². The Hall–Kier alpha value is -1.16. The van der Waals surface area contributed by atoms with Crippen molar-refractivity contribution >= 4 is 5.95 Å². The molecule has 0 saturated carbocycles. The molecule has 1 fully saturated rings. The van der Waals surface area contributed by atoms with E-state index >= 15 is 0 Å². The Morgan fingerprint density at radius 3 is 2.72 bits per heavy atom. The summed E-state index contributed by atoms with van der Waals surface area (Å²) in [5, 5.41) is 9.16. The van der Waals surface area contributed by atoms with Gasteiger partial charge in [0, 0.05) is 30.0 Å². The molecule has 1 aliphatic heterocycles. The zero-order valence-electron chi connectivity index (χ0n) is 11.7. The highest BCUT2D eigenvalue weighted by Crippen LogP contribution is 2.29. The quantitative estimate of drug-likeness (QED) is 0.872. The van der Waals surface area contributed by atoms with Gasteiger partial charge in [-0.2, -0.15) is 0 Å². The van der Waals surface area contributed by atoms with Crippen molar-refractivity contribution < 1.29 is 5.11 Å². The van der Waals surface area contributed by atoms with Gasteiger partial charge in [-0.15, -0.1) is 0 Å². The molecule has 2 rings (SSSR count). The van der Waals surface area contributed by atoms with Crippen LogP contribution in [0, 0.1) is 18.8 Å². The fourth-order valence-electron chi connectivity index (χ4n) is 2.75. The molecule has 0 radical (unpaired) electrons. The molecule has 0 aromatic carbocycles. The molecular weight excluding hydrogens is 226 g/mol. The van der Waals surface area contributed by atoms with Gasteiger partial charge in [-0.3, -0.25) is 0 Å².